The number of ether oxygens (including phenoxy) is 2. The fraction of sp³-hybridized carbons (Fsp3) is 0.455. The minimum Gasteiger partial charge on any atom is -0.491 e. The van der Waals surface area contributed by atoms with Crippen LogP contribution in [0.3, 0.4) is 0 Å². The first kappa shape index (κ1) is 19.8. The fourth-order valence-corrected chi connectivity index (χ4v) is 3.40. The molecule has 2 atom stereocenters. The summed E-state index contributed by atoms with van der Waals surface area (Å²) in [7, 11) is 0. The first-order chi connectivity index (χ1) is 13.1. The van der Waals surface area contributed by atoms with Gasteiger partial charge in [-0.3, -0.25) is 4.90 Å². The minimum absolute atomic E-state index is 0.140. The minimum atomic E-state index is -0.668. The first-order valence-electron chi connectivity index (χ1n) is 9.55. The average Bonchev–Trinajstić information content (AvgIpc) is 3.15. The van der Waals surface area contributed by atoms with Crippen LogP contribution in [-0.2, 0) is 11.3 Å². The van der Waals surface area contributed by atoms with Gasteiger partial charge in [0.05, 0.1) is 6.10 Å². The zero-order valence-electron chi connectivity index (χ0n) is 15.8. The van der Waals surface area contributed by atoms with Crippen molar-refractivity contribution in [1.82, 2.24) is 4.90 Å². The standard InChI is InChI=1S/C22H28FNO3/c1-17-6-4-8-20(12-17)27-16-19(25)14-24(15-21-9-5-11-26-21)13-18-7-2-3-10-22(18)23/h2-4,6-8,10,12,19,21,25H,5,9,11,13-16H2,1H3. The van der Waals surface area contributed by atoms with Gasteiger partial charge in [0.2, 0.25) is 0 Å². The van der Waals surface area contributed by atoms with Crippen LogP contribution in [0.4, 0.5) is 4.39 Å². The SMILES string of the molecule is Cc1cccc(OCC(O)CN(Cc2ccccc2F)CC2CCCO2)c1. The smallest absolute Gasteiger partial charge is 0.127 e. The van der Waals surface area contributed by atoms with Crippen LogP contribution in [-0.4, -0.2) is 48.5 Å². The van der Waals surface area contributed by atoms with Gasteiger partial charge in [0.1, 0.15) is 24.3 Å². The van der Waals surface area contributed by atoms with Crippen molar-refractivity contribution in [2.45, 2.75) is 38.5 Å². The van der Waals surface area contributed by atoms with E-state index >= 15 is 0 Å². The maximum absolute atomic E-state index is 14.1. The lowest BCUT2D eigenvalue weighted by Gasteiger charge is -2.27. The summed E-state index contributed by atoms with van der Waals surface area (Å²) < 4.78 is 25.5. The lowest BCUT2D eigenvalue weighted by molar-refractivity contribution is 0.0310. The number of nitrogens with zero attached hydrogens (tertiary/aromatic N) is 1. The Labute approximate surface area is 160 Å². The number of benzene rings is 2. The molecule has 27 heavy (non-hydrogen) atoms. The largest absolute Gasteiger partial charge is 0.491 e. The number of hydrogen-bond acceptors (Lipinski definition) is 4. The average molecular weight is 373 g/mol. The molecule has 5 heteroatoms. The highest BCUT2D eigenvalue weighted by atomic mass is 19.1. The second kappa shape index (κ2) is 9.83. The summed E-state index contributed by atoms with van der Waals surface area (Å²) in [6.45, 7) is 4.49. The molecule has 3 rings (SSSR count). The number of aliphatic hydroxyl groups is 1. The van der Waals surface area contributed by atoms with Crippen LogP contribution in [0.25, 0.3) is 0 Å². The van der Waals surface area contributed by atoms with Crippen LogP contribution in [0.5, 0.6) is 5.75 Å². The van der Waals surface area contributed by atoms with Crippen molar-refractivity contribution in [3.63, 3.8) is 0 Å². The van der Waals surface area contributed by atoms with Gasteiger partial charge in [-0.1, -0.05) is 30.3 Å². The van der Waals surface area contributed by atoms with Crippen molar-refractivity contribution in [1.29, 1.82) is 0 Å². The van der Waals surface area contributed by atoms with Gasteiger partial charge in [0.15, 0.2) is 0 Å². The Morgan fingerprint density at radius 3 is 2.85 bits per heavy atom. The van der Waals surface area contributed by atoms with Crippen molar-refractivity contribution in [2.75, 3.05) is 26.3 Å². The van der Waals surface area contributed by atoms with E-state index < -0.39 is 6.10 Å². The second-order valence-electron chi connectivity index (χ2n) is 7.20. The summed E-state index contributed by atoms with van der Waals surface area (Å²) in [6, 6.07) is 14.5. The van der Waals surface area contributed by atoms with Crippen LogP contribution in [0.2, 0.25) is 0 Å². The molecule has 2 aromatic carbocycles. The monoisotopic (exact) mass is 373 g/mol. The second-order valence-corrected chi connectivity index (χ2v) is 7.20. The molecule has 1 saturated heterocycles. The van der Waals surface area contributed by atoms with E-state index in [1.165, 1.54) is 6.07 Å². The molecule has 0 spiro atoms. The van der Waals surface area contributed by atoms with Crippen LogP contribution in [0.1, 0.15) is 24.0 Å². The number of aliphatic hydroxyl groups excluding tert-OH is 1. The Balaban J connectivity index is 1.58. The Hall–Kier alpha value is -1.95. The molecular weight excluding hydrogens is 345 g/mol. The molecule has 1 heterocycles. The molecular formula is C22H28FNO3. The van der Waals surface area contributed by atoms with E-state index in [0.717, 1.165) is 30.8 Å². The lowest BCUT2D eigenvalue weighted by atomic mass is 10.1. The number of hydrogen-bond donors (Lipinski definition) is 1. The van der Waals surface area contributed by atoms with Gasteiger partial charge in [-0.2, -0.15) is 0 Å². The highest BCUT2D eigenvalue weighted by Gasteiger charge is 2.22. The summed E-state index contributed by atoms with van der Waals surface area (Å²) in [4.78, 5) is 2.05. The highest BCUT2D eigenvalue weighted by Crippen LogP contribution is 2.17. The fourth-order valence-electron chi connectivity index (χ4n) is 3.40. The third-order valence-electron chi connectivity index (χ3n) is 4.74. The summed E-state index contributed by atoms with van der Waals surface area (Å²) in [5.74, 6) is 0.522. The molecule has 4 nitrogen and oxygen atoms in total. The zero-order valence-corrected chi connectivity index (χ0v) is 15.8. The van der Waals surface area contributed by atoms with Gasteiger partial charge in [-0.05, 0) is 43.5 Å². The quantitative estimate of drug-likeness (QED) is 0.730. The number of halogens is 1. The molecule has 0 aliphatic carbocycles. The van der Waals surface area contributed by atoms with Gasteiger partial charge >= 0.3 is 0 Å². The third kappa shape index (κ3) is 6.31. The molecule has 2 unspecified atom stereocenters. The summed E-state index contributed by atoms with van der Waals surface area (Å²) in [5, 5.41) is 10.5. The summed E-state index contributed by atoms with van der Waals surface area (Å²) in [5.41, 5.74) is 1.74. The van der Waals surface area contributed by atoms with E-state index in [9.17, 15) is 9.50 Å². The predicted molar refractivity (Wildman–Crippen MR) is 103 cm³/mol. The van der Waals surface area contributed by atoms with Crippen molar-refractivity contribution in [3.05, 3.63) is 65.5 Å². The van der Waals surface area contributed by atoms with Crippen LogP contribution < -0.4 is 4.74 Å². The van der Waals surface area contributed by atoms with E-state index in [1.807, 2.05) is 37.3 Å². The Kier molecular flexibility index (Phi) is 7.21. The first-order valence-corrected chi connectivity index (χ1v) is 9.55. The van der Waals surface area contributed by atoms with Gasteiger partial charge in [-0.25, -0.2) is 4.39 Å². The Morgan fingerprint density at radius 1 is 1.26 bits per heavy atom. The highest BCUT2D eigenvalue weighted by molar-refractivity contribution is 5.27. The van der Waals surface area contributed by atoms with E-state index in [2.05, 4.69) is 4.90 Å². The number of aryl methyl sites for hydroxylation is 1. The van der Waals surface area contributed by atoms with Crippen molar-refractivity contribution in [2.24, 2.45) is 0 Å². The maximum atomic E-state index is 14.1. The summed E-state index contributed by atoms with van der Waals surface area (Å²) >= 11 is 0. The Morgan fingerprint density at radius 2 is 2.11 bits per heavy atom. The molecule has 0 amide bonds. The molecule has 0 saturated carbocycles. The molecule has 0 bridgehead atoms. The predicted octanol–water partition coefficient (Wildman–Crippen LogP) is 3.56. The molecule has 2 aromatic rings. The van der Waals surface area contributed by atoms with Crippen molar-refractivity contribution >= 4 is 0 Å². The van der Waals surface area contributed by atoms with Crippen LogP contribution in [0, 0.1) is 12.7 Å². The molecule has 1 fully saturated rings. The zero-order chi connectivity index (χ0) is 19.1. The van der Waals surface area contributed by atoms with Gasteiger partial charge in [-0.15, -0.1) is 0 Å². The molecule has 0 aromatic heterocycles. The van der Waals surface area contributed by atoms with Crippen molar-refractivity contribution < 1.29 is 19.0 Å². The van der Waals surface area contributed by atoms with Gasteiger partial charge in [0.25, 0.3) is 0 Å². The van der Waals surface area contributed by atoms with E-state index in [0.29, 0.717) is 25.2 Å². The topological polar surface area (TPSA) is 41.9 Å². The molecule has 0 radical (unpaired) electrons. The van der Waals surface area contributed by atoms with Crippen molar-refractivity contribution in [3.8, 4) is 5.75 Å². The lowest BCUT2D eigenvalue weighted by Crippen LogP contribution is -2.39. The normalized spacial score (nSPS) is 18.0. The van der Waals surface area contributed by atoms with Crippen LogP contribution in [0.15, 0.2) is 48.5 Å². The molecule has 146 valence electrons. The number of rotatable bonds is 9. The Bertz CT molecular complexity index is 718. The molecule has 1 aliphatic heterocycles. The third-order valence-corrected chi connectivity index (χ3v) is 4.74. The van der Waals surface area contributed by atoms with E-state index in [4.69, 9.17) is 9.47 Å². The van der Waals surface area contributed by atoms with E-state index in [1.54, 1.807) is 12.1 Å². The summed E-state index contributed by atoms with van der Waals surface area (Å²) in [6.07, 6.45) is 1.53. The van der Waals surface area contributed by atoms with E-state index in [-0.39, 0.29) is 18.5 Å². The molecule has 1 aliphatic rings. The molecule has 1 N–H and O–H groups in total. The maximum Gasteiger partial charge on any atom is 0.127 e. The van der Waals surface area contributed by atoms with Crippen LogP contribution >= 0.6 is 0 Å². The van der Waals surface area contributed by atoms with Gasteiger partial charge in [0, 0.05) is 31.8 Å². The van der Waals surface area contributed by atoms with Gasteiger partial charge < -0.3 is 14.6 Å².